The van der Waals surface area contributed by atoms with Crippen LogP contribution in [0, 0.1) is 5.92 Å². The molecule has 0 aliphatic heterocycles. The van der Waals surface area contributed by atoms with E-state index in [1.54, 1.807) is 6.07 Å². The summed E-state index contributed by atoms with van der Waals surface area (Å²) < 4.78 is 0. The number of H-pyrrole nitrogens is 1. The fourth-order valence-corrected chi connectivity index (χ4v) is 2.11. The maximum atomic E-state index is 11.3. The second-order valence-electron chi connectivity index (χ2n) is 3.89. The van der Waals surface area contributed by atoms with Crippen molar-refractivity contribution in [1.29, 1.82) is 0 Å². The van der Waals surface area contributed by atoms with Crippen LogP contribution in [0.15, 0.2) is 16.0 Å². The van der Waals surface area contributed by atoms with Crippen molar-refractivity contribution >= 4 is 11.8 Å². The maximum absolute atomic E-state index is 11.3. The molecule has 1 aromatic rings. The lowest BCUT2D eigenvalue weighted by Gasteiger charge is -2.07. The zero-order chi connectivity index (χ0) is 12.0. The lowest BCUT2D eigenvalue weighted by atomic mass is 10.2. The van der Waals surface area contributed by atoms with Crippen LogP contribution in [-0.2, 0) is 6.42 Å². The van der Waals surface area contributed by atoms with Crippen molar-refractivity contribution in [3.05, 3.63) is 22.1 Å². The minimum atomic E-state index is -0.0994. The maximum Gasteiger partial charge on any atom is 0.251 e. The van der Waals surface area contributed by atoms with Gasteiger partial charge in [-0.3, -0.25) is 4.79 Å². The van der Waals surface area contributed by atoms with E-state index in [9.17, 15) is 4.79 Å². The molecule has 0 radical (unpaired) electrons. The molecular formula is C11H18N2O2S. The molecule has 16 heavy (non-hydrogen) atoms. The molecule has 0 spiro atoms. The molecule has 90 valence electrons. The fourth-order valence-electron chi connectivity index (χ4n) is 1.21. The highest BCUT2D eigenvalue weighted by Gasteiger charge is 2.05. The van der Waals surface area contributed by atoms with E-state index in [0.29, 0.717) is 5.16 Å². The summed E-state index contributed by atoms with van der Waals surface area (Å²) in [4.78, 5) is 18.4. The topological polar surface area (TPSA) is 66.0 Å². The van der Waals surface area contributed by atoms with Crippen molar-refractivity contribution in [3.63, 3.8) is 0 Å². The van der Waals surface area contributed by atoms with Crippen molar-refractivity contribution < 1.29 is 5.11 Å². The van der Waals surface area contributed by atoms with Crippen LogP contribution in [0.4, 0.5) is 0 Å². The average Bonchev–Trinajstić information content (AvgIpc) is 2.25. The highest BCUT2D eigenvalue weighted by atomic mass is 32.2. The molecule has 0 aliphatic rings. The number of aromatic amines is 1. The zero-order valence-corrected chi connectivity index (χ0v) is 10.5. The first kappa shape index (κ1) is 13.3. The van der Waals surface area contributed by atoms with Crippen molar-refractivity contribution in [1.82, 2.24) is 9.97 Å². The van der Waals surface area contributed by atoms with Gasteiger partial charge in [0, 0.05) is 24.1 Å². The van der Waals surface area contributed by atoms with Gasteiger partial charge in [-0.15, -0.1) is 0 Å². The summed E-state index contributed by atoms with van der Waals surface area (Å²) in [6.45, 7) is 4.18. The summed E-state index contributed by atoms with van der Waals surface area (Å²) in [5.41, 5.74) is 0.739. The molecule has 1 aromatic heterocycles. The van der Waals surface area contributed by atoms with Crippen LogP contribution < -0.4 is 5.56 Å². The van der Waals surface area contributed by atoms with Gasteiger partial charge in [0.25, 0.3) is 5.56 Å². The molecule has 1 atom stereocenters. The molecule has 1 unspecified atom stereocenters. The lowest BCUT2D eigenvalue weighted by Crippen LogP contribution is -2.11. The molecule has 0 bridgehead atoms. The predicted octanol–water partition coefficient (Wildman–Crippen LogP) is 1.44. The Bertz CT molecular complexity index is 378. The van der Waals surface area contributed by atoms with Gasteiger partial charge >= 0.3 is 0 Å². The molecule has 0 amide bonds. The number of aromatic nitrogens is 2. The quantitative estimate of drug-likeness (QED) is 0.585. The summed E-state index contributed by atoms with van der Waals surface area (Å²) >= 11 is 1.48. The van der Waals surface area contributed by atoms with E-state index < -0.39 is 0 Å². The van der Waals surface area contributed by atoms with Crippen LogP contribution in [0.5, 0.6) is 0 Å². The Hall–Kier alpha value is -0.810. The molecule has 1 heterocycles. The Labute approximate surface area is 99.5 Å². The Kier molecular flexibility index (Phi) is 5.55. The molecule has 0 fully saturated rings. The van der Waals surface area contributed by atoms with Crippen molar-refractivity contribution in [2.75, 3.05) is 12.4 Å². The first-order valence-electron chi connectivity index (χ1n) is 5.49. The van der Waals surface area contributed by atoms with Crippen LogP contribution >= 0.6 is 11.8 Å². The monoisotopic (exact) mass is 242 g/mol. The van der Waals surface area contributed by atoms with Gasteiger partial charge in [-0.1, -0.05) is 32.0 Å². The molecule has 1 rings (SSSR count). The third kappa shape index (κ3) is 4.37. The first-order chi connectivity index (χ1) is 7.65. The van der Waals surface area contributed by atoms with E-state index in [4.69, 9.17) is 5.11 Å². The van der Waals surface area contributed by atoms with E-state index in [1.165, 1.54) is 11.8 Å². The first-order valence-corrected chi connectivity index (χ1v) is 6.48. The van der Waals surface area contributed by atoms with E-state index in [1.807, 2.05) is 6.92 Å². The van der Waals surface area contributed by atoms with Gasteiger partial charge in [0.1, 0.15) is 0 Å². The van der Waals surface area contributed by atoms with Gasteiger partial charge in [0.05, 0.1) is 0 Å². The fraction of sp³-hybridized carbons (Fsp3) is 0.636. The van der Waals surface area contributed by atoms with E-state index in [-0.39, 0.29) is 18.1 Å². The van der Waals surface area contributed by atoms with Gasteiger partial charge in [0.15, 0.2) is 5.16 Å². The highest BCUT2D eigenvalue weighted by molar-refractivity contribution is 7.99. The van der Waals surface area contributed by atoms with Crippen LogP contribution in [0.2, 0.25) is 0 Å². The van der Waals surface area contributed by atoms with Crippen molar-refractivity contribution in [3.8, 4) is 0 Å². The van der Waals surface area contributed by atoms with Crippen LogP contribution in [-0.4, -0.2) is 27.4 Å². The third-order valence-electron chi connectivity index (χ3n) is 2.10. The van der Waals surface area contributed by atoms with Crippen molar-refractivity contribution in [2.45, 2.75) is 31.8 Å². The number of thioether (sulfide) groups is 1. The molecule has 0 aromatic carbocycles. The Morgan fingerprint density at radius 1 is 1.62 bits per heavy atom. The number of aliphatic hydroxyl groups excluding tert-OH is 1. The lowest BCUT2D eigenvalue weighted by molar-refractivity contribution is 0.250. The smallest absolute Gasteiger partial charge is 0.251 e. The number of rotatable bonds is 6. The molecular weight excluding hydrogens is 224 g/mol. The summed E-state index contributed by atoms with van der Waals surface area (Å²) in [5, 5.41) is 9.55. The average molecular weight is 242 g/mol. The molecule has 5 heteroatoms. The Morgan fingerprint density at radius 2 is 2.38 bits per heavy atom. The van der Waals surface area contributed by atoms with Gasteiger partial charge in [-0.05, 0) is 12.3 Å². The SMILES string of the molecule is CCCc1cc(=O)[nH]c(SCC(C)CO)n1. The number of hydrogen-bond acceptors (Lipinski definition) is 4. The Morgan fingerprint density at radius 3 is 3.00 bits per heavy atom. The summed E-state index contributed by atoms with van der Waals surface area (Å²) in [6, 6.07) is 1.54. The minimum Gasteiger partial charge on any atom is -0.396 e. The van der Waals surface area contributed by atoms with Gasteiger partial charge in [-0.2, -0.15) is 0 Å². The normalized spacial score (nSPS) is 12.7. The third-order valence-corrected chi connectivity index (χ3v) is 3.30. The molecule has 0 saturated heterocycles. The van der Waals surface area contributed by atoms with Gasteiger partial charge in [-0.25, -0.2) is 4.98 Å². The minimum absolute atomic E-state index is 0.0994. The predicted molar refractivity (Wildman–Crippen MR) is 65.8 cm³/mol. The molecule has 0 saturated carbocycles. The largest absolute Gasteiger partial charge is 0.396 e. The van der Waals surface area contributed by atoms with E-state index in [0.717, 1.165) is 24.3 Å². The zero-order valence-electron chi connectivity index (χ0n) is 9.69. The number of nitrogens with one attached hydrogen (secondary N) is 1. The number of hydrogen-bond donors (Lipinski definition) is 2. The van der Waals surface area contributed by atoms with Crippen LogP contribution in [0.3, 0.4) is 0 Å². The van der Waals surface area contributed by atoms with Crippen LogP contribution in [0.1, 0.15) is 26.0 Å². The Balaban J connectivity index is 2.68. The summed E-state index contributed by atoms with van der Waals surface area (Å²) in [7, 11) is 0. The number of aliphatic hydroxyl groups is 1. The van der Waals surface area contributed by atoms with E-state index >= 15 is 0 Å². The van der Waals surface area contributed by atoms with E-state index in [2.05, 4.69) is 16.9 Å². The van der Waals surface area contributed by atoms with Crippen LogP contribution in [0.25, 0.3) is 0 Å². The summed E-state index contributed by atoms with van der Waals surface area (Å²) in [5.74, 6) is 0.972. The second-order valence-corrected chi connectivity index (χ2v) is 4.90. The number of aryl methyl sites for hydroxylation is 1. The highest BCUT2D eigenvalue weighted by Crippen LogP contribution is 2.15. The molecule has 0 aliphatic carbocycles. The standard InChI is InChI=1S/C11H18N2O2S/c1-3-4-9-5-10(15)13-11(12-9)16-7-8(2)6-14/h5,8,14H,3-4,6-7H2,1-2H3,(H,12,13,15). The van der Waals surface area contributed by atoms with Gasteiger partial charge < -0.3 is 10.1 Å². The van der Waals surface area contributed by atoms with Gasteiger partial charge in [0.2, 0.25) is 0 Å². The van der Waals surface area contributed by atoms with Crippen molar-refractivity contribution in [2.24, 2.45) is 5.92 Å². The molecule has 2 N–H and O–H groups in total. The summed E-state index contributed by atoms with van der Waals surface area (Å²) in [6.07, 6.45) is 1.81. The number of nitrogens with zero attached hydrogens (tertiary/aromatic N) is 1. The molecule has 4 nitrogen and oxygen atoms in total. The second kappa shape index (κ2) is 6.70.